The van der Waals surface area contributed by atoms with Crippen LogP contribution in [0.3, 0.4) is 0 Å². The highest BCUT2D eigenvalue weighted by Gasteiger charge is 2.10. The molecule has 0 saturated heterocycles. The van der Waals surface area contributed by atoms with Gasteiger partial charge in [0, 0.05) is 11.3 Å². The molecule has 0 fully saturated rings. The summed E-state index contributed by atoms with van der Waals surface area (Å²) in [5.41, 5.74) is 3.29. The number of aromatic hydroxyl groups is 1. The van der Waals surface area contributed by atoms with Gasteiger partial charge in [-0.05, 0) is 65.2 Å². The summed E-state index contributed by atoms with van der Waals surface area (Å²) in [4.78, 5) is 12.1. The summed E-state index contributed by atoms with van der Waals surface area (Å²) in [6, 6.07) is 10.6. The second-order valence-corrected chi connectivity index (χ2v) is 5.29. The molecule has 0 atom stereocenters. The quantitative estimate of drug-likeness (QED) is 0.878. The lowest BCUT2D eigenvalue weighted by Gasteiger charge is -2.10. The summed E-state index contributed by atoms with van der Waals surface area (Å²) in [6.07, 6.45) is 0. The van der Waals surface area contributed by atoms with Crippen LogP contribution in [0.4, 0.5) is 5.69 Å². The Hall–Kier alpha value is -1.81. The van der Waals surface area contributed by atoms with Crippen molar-refractivity contribution in [1.82, 2.24) is 0 Å². The molecule has 2 aromatic carbocycles. The lowest BCUT2D eigenvalue weighted by atomic mass is 10.1. The maximum atomic E-state index is 12.1. The molecule has 2 N–H and O–H groups in total. The molecule has 98 valence electrons. The summed E-state index contributed by atoms with van der Waals surface area (Å²) in [5.74, 6) is -0.190. The van der Waals surface area contributed by atoms with Crippen LogP contribution in [0.5, 0.6) is 5.75 Å². The molecule has 0 unspecified atom stereocenters. The molecular weight excluding hydrogens is 306 g/mol. The van der Waals surface area contributed by atoms with E-state index in [4.69, 9.17) is 0 Å². The van der Waals surface area contributed by atoms with E-state index in [0.29, 0.717) is 10.0 Å². The van der Waals surface area contributed by atoms with E-state index in [0.717, 1.165) is 16.8 Å². The number of phenolic OH excluding ortho intramolecular Hbond substituents is 1. The summed E-state index contributed by atoms with van der Waals surface area (Å²) < 4.78 is 0.566. The van der Waals surface area contributed by atoms with E-state index in [1.165, 1.54) is 6.07 Å². The Morgan fingerprint density at radius 3 is 2.58 bits per heavy atom. The monoisotopic (exact) mass is 319 g/mol. The predicted molar refractivity (Wildman–Crippen MR) is 79.7 cm³/mol. The highest BCUT2D eigenvalue weighted by Crippen LogP contribution is 2.25. The van der Waals surface area contributed by atoms with Crippen molar-refractivity contribution in [2.75, 3.05) is 5.32 Å². The van der Waals surface area contributed by atoms with Crippen molar-refractivity contribution < 1.29 is 9.90 Å². The molecule has 0 spiro atoms. The SMILES string of the molecule is Cc1ccc(C)c(NC(=O)c2ccc(Br)c(O)c2)c1. The molecule has 1 amide bonds. The topological polar surface area (TPSA) is 49.3 Å². The first kappa shape index (κ1) is 13.6. The Balaban J connectivity index is 2.25. The molecule has 0 aliphatic carbocycles. The van der Waals surface area contributed by atoms with E-state index in [9.17, 15) is 9.90 Å². The maximum Gasteiger partial charge on any atom is 0.255 e. The normalized spacial score (nSPS) is 10.3. The van der Waals surface area contributed by atoms with Gasteiger partial charge >= 0.3 is 0 Å². The molecule has 2 rings (SSSR count). The van der Waals surface area contributed by atoms with Crippen LogP contribution in [-0.4, -0.2) is 11.0 Å². The number of halogens is 1. The third-order valence-corrected chi connectivity index (χ3v) is 3.52. The molecule has 0 aliphatic rings. The third kappa shape index (κ3) is 3.15. The van der Waals surface area contributed by atoms with Crippen LogP contribution in [0.2, 0.25) is 0 Å². The number of carbonyl (C=O) groups excluding carboxylic acids is 1. The number of nitrogens with one attached hydrogen (secondary N) is 1. The van der Waals surface area contributed by atoms with Crippen molar-refractivity contribution in [1.29, 1.82) is 0 Å². The Bertz CT molecular complexity index is 638. The van der Waals surface area contributed by atoms with E-state index in [1.54, 1.807) is 12.1 Å². The molecule has 0 aliphatic heterocycles. The van der Waals surface area contributed by atoms with Gasteiger partial charge in [-0.2, -0.15) is 0 Å². The van der Waals surface area contributed by atoms with Crippen LogP contribution in [0, 0.1) is 13.8 Å². The molecule has 2 aromatic rings. The fraction of sp³-hybridized carbons (Fsp3) is 0.133. The van der Waals surface area contributed by atoms with E-state index in [-0.39, 0.29) is 11.7 Å². The lowest BCUT2D eigenvalue weighted by Crippen LogP contribution is -2.12. The van der Waals surface area contributed by atoms with Crippen molar-refractivity contribution in [3.8, 4) is 5.75 Å². The minimum atomic E-state index is -0.239. The van der Waals surface area contributed by atoms with Gasteiger partial charge in [-0.1, -0.05) is 12.1 Å². The van der Waals surface area contributed by atoms with Gasteiger partial charge in [0.1, 0.15) is 5.75 Å². The zero-order valence-corrected chi connectivity index (χ0v) is 12.3. The fourth-order valence-corrected chi connectivity index (χ4v) is 1.97. The van der Waals surface area contributed by atoms with Gasteiger partial charge in [-0.15, -0.1) is 0 Å². The van der Waals surface area contributed by atoms with Gasteiger partial charge in [0.2, 0.25) is 0 Å². The molecule has 19 heavy (non-hydrogen) atoms. The molecule has 0 radical (unpaired) electrons. The number of hydrogen-bond donors (Lipinski definition) is 2. The number of anilines is 1. The first-order chi connectivity index (χ1) is 8.97. The number of rotatable bonds is 2. The zero-order chi connectivity index (χ0) is 14.0. The maximum absolute atomic E-state index is 12.1. The number of aryl methyl sites for hydroxylation is 2. The third-order valence-electron chi connectivity index (χ3n) is 2.85. The Morgan fingerprint density at radius 1 is 1.16 bits per heavy atom. The standard InChI is InChI=1S/C15H14BrNO2/c1-9-3-4-10(2)13(7-9)17-15(19)11-5-6-12(16)14(18)8-11/h3-8,18H,1-2H3,(H,17,19). The number of phenols is 1. The summed E-state index contributed by atoms with van der Waals surface area (Å²) in [7, 11) is 0. The summed E-state index contributed by atoms with van der Waals surface area (Å²) >= 11 is 3.18. The first-order valence-corrected chi connectivity index (χ1v) is 6.64. The van der Waals surface area contributed by atoms with Crippen molar-refractivity contribution in [2.45, 2.75) is 13.8 Å². The summed E-state index contributed by atoms with van der Waals surface area (Å²) in [5, 5.41) is 12.4. The van der Waals surface area contributed by atoms with Crippen LogP contribution in [-0.2, 0) is 0 Å². The Kier molecular flexibility index (Phi) is 3.90. The van der Waals surface area contributed by atoms with Gasteiger partial charge in [0.05, 0.1) is 4.47 Å². The van der Waals surface area contributed by atoms with Crippen molar-refractivity contribution in [3.63, 3.8) is 0 Å². The molecule has 0 saturated carbocycles. The van der Waals surface area contributed by atoms with Crippen LogP contribution < -0.4 is 5.32 Å². The number of benzene rings is 2. The van der Waals surface area contributed by atoms with Gasteiger partial charge in [0.15, 0.2) is 0 Å². The van der Waals surface area contributed by atoms with Crippen LogP contribution in [0.1, 0.15) is 21.5 Å². The van der Waals surface area contributed by atoms with Gasteiger partial charge in [-0.25, -0.2) is 0 Å². The van der Waals surface area contributed by atoms with Crippen LogP contribution >= 0.6 is 15.9 Å². The van der Waals surface area contributed by atoms with E-state index in [1.807, 2.05) is 32.0 Å². The van der Waals surface area contributed by atoms with Gasteiger partial charge in [-0.3, -0.25) is 4.79 Å². The smallest absolute Gasteiger partial charge is 0.255 e. The Morgan fingerprint density at radius 2 is 1.89 bits per heavy atom. The number of carbonyl (C=O) groups is 1. The van der Waals surface area contributed by atoms with Gasteiger partial charge < -0.3 is 10.4 Å². The minimum absolute atomic E-state index is 0.0496. The zero-order valence-electron chi connectivity index (χ0n) is 10.7. The van der Waals surface area contributed by atoms with Crippen LogP contribution in [0.25, 0.3) is 0 Å². The average Bonchev–Trinajstić information content (AvgIpc) is 2.37. The number of hydrogen-bond acceptors (Lipinski definition) is 2. The van der Waals surface area contributed by atoms with Crippen LogP contribution in [0.15, 0.2) is 40.9 Å². The van der Waals surface area contributed by atoms with E-state index in [2.05, 4.69) is 21.2 Å². The predicted octanol–water partition coefficient (Wildman–Crippen LogP) is 4.02. The fourth-order valence-electron chi connectivity index (χ4n) is 1.72. The first-order valence-electron chi connectivity index (χ1n) is 5.84. The minimum Gasteiger partial charge on any atom is -0.507 e. The summed E-state index contributed by atoms with van der Waals surface area (Å²) in [6.45, 7) is 3.91. The molecule has 0 aromatic heterocycles. The molecule has 0 bridgehead atoms. The second kappa shape index (κ2) is 5.45. The number of amides is 1. The lowest BCUT2D eigenvalue weighted by molar-refractivity contribution is 0.102. The highest BCUT2D eigenvalue weighted by atomic mass is 79.9. The average molecular weight is 320 g/mol. The van der Waals surface area contributed by atoms with Crippen molar-refractivity contribution >= 4 is 27.5 Å². The van der Waals surface area contributed by atoms with E-state index < -0.39 is 0 Å². The highest BCUT2D eigenvalue weighted by molar-refractivity contribution is 9.10. The molecule has 3 nitrogen and oxygen atoms in total. The molecular formula is C15H14BrNO2. The molecule has 4 heteroatoms. The second-order valence-electron chi connectivity index (χ2n) is 4.44. The largest absolute Gasteiger partial charge is 0.507 e. The van der Waals surface area contributed by atoms with Crippen molar-refractivity contribution in [3.05, 3.63) is 57.6 Å². The van der Waals surface area contributed by atoms with Gasteiger partial charge in [0.25, 0.3) is 5.91 Å². The molecule has 0 heterocycles. The van der Waals surface area contributed by atoms with Crippen molar-refractivity contribution in [2.24, 2.45) is 0 Å². The van der Waals surface area contributed by atoms with E-state index >= 15 is 0 Å². The Labute approximate surface area is 120 Å².